The Labute approximate surface area is 113 Å². The smallest absolute Gasteiger partial charge is 0.275 e. The molecule has 0 heterocycles. The summed E-state index contributed by atoms with van der Waals surface area (Å²) in [4.78, 5) is 10.5. The van der Waals surface area contributed by atoms with Crippen LogP contribution in [0.3, 0.4) is 0 Å². The van der Waals surface area contributed by atoms with Gasteiger partial charge in [-0.05, 0) is 20.3 Å². The third-order valence-electron chi connectivity index (χ3n) is 2.62. The molecular weight excluding hydrogens is 246 g/mol. The first kappa shape index (κ1) is 15.2. The summed E-state index contributed by atoms with van der Waals surface area (Å²) >= 11 is 0. The summed E-state index contributed by atoms with van der Waals surface area (Å²) < 4.78 is 5.52. The molecule has 1 aromatic carbocycles. The number of benzene rings is 1. The van der Waals surface area contributed by atoms with Gasteiger partial charge in [-0.3, -0.25) is 10.1 Å². The second-order valence-corrected chi connectivity index (χ2v) is 4.62. The zero-order valence-electron chi connectivity index (χ0n) is 11.6. The van der Waals surface area contributed by atoms with Gasteiger partial charge in [-0.1, -0.05) is 6.92 Å². The molecule has 0 saturated heterocycles. The van der Waals surface area contributed by atoms with Crippen LogP contribution in [-0.2, 0) is 0 Å². The lowest BCUT2D eigenvalue weighted by Crippen LogP contribution is -2.27. The van der Waals surface area contributed by atoms with Crippen molar-refractivity contribution in [2.75, 3.05) is 11.9 Å². The summed E-state index contributed by atoms with van der Waals surface area (Å²) in [6, 6.07) is 4.76. The van der Waals surface area contributed by atoms with Crippen molar-refractivity contribution in [3.8, 4) is 5.75 Å². The molecular formula is C13H21N3O3. The Kier molecular flexibility index (Phi) is 5.57. The fourth-order valence-electron chi connectivity index (χ4n) is 1.68. The normalized spacial score (nSPS) is 12.3. The van der Waals surface area contributed by atoms with E-state index in [4.69, 9.17) is 10.5 Å². The molecule has 0 aliphatic heterocycles. The third-order valence-corrected chi connectivity index (χ3v) is 2.62. The van der Waals surface area contributed by atoms with Gasteiger partial charge in [0.05, 0.1) is 17.1 Å². The van der Waals surface area contributed by atoms with Crippen LogP contribution in [0.5, 0.6) is 5.75 Å². The van der Waals surface area contributed by atoms with Crippen LogP contribution in [0.25, 0.3) is 0 Å². The molecule has 0 aliphatic carbocycles. The van der Waals surface area contributed by atoms with Crippen LogP contribution in [0.4, 0.5) is 11.4 Å². The maximum atomic E-state index is 10.9. The summed E-state index contributed by atoms with van der Waals surface area (Å²) in [5.41, 5.74) is 6.28. The molecule has 0 aliphatic rings. The second kappa shape index (κ2) is 6.94. The topological polar surface area (TPSA) is 90.4 Å². The first-order valence-corrected chi connectivity index (χ1v) is 6.39. The van der Waals surface area contributed by atoms with E-state index < -0.39 is 4.92 Å². The summed E-state index contributed by atoms with van der Waals surface area (Å²) in [5.74, 6) is 0.485. The molecule has 0 fully saturated rings. The quantitative estimate of drug-likeness (QED) is 0.585. The molecule has 1 atom stereocenters. The van der Waals surface area contributed by atoms with Gasteiger partial charge in [-0.2, -0.15) is 0 Å². The van der Waals surface area contributed by atoms with E-state index in [1.54, 1.807) is 6.07 Å². The lowest BCUT2D eigenvalue weighted by Gasteiger charge is -2.17. The number of nitro groups is 1. The van der Waals surface area contributed by atoms with Crippen LogP contribution in [-0.4, -0.2) is 23.6 Å². The summed E-state index contributed by atoms with van der Waals surface area (Å²) in [5, 5.41) is 14.1. The molecule has 3 N–H and O–H groups in total. The average Bonchev–Trinajstić information content (AvgIpc) is 2.34. The fraction of sp³-hybridized carbons (Fsp3) is 0.538. The molecule has 0 radical (unpaired) electrons. The van der Waals surface area contributed by atoms with E-state index in [0.717, 1.165) is 6.42 Å². The van der Waals surface area contributed by atoms with Gasteiger partial charge in [-0.25, -0.2) is 0 Å². The molecule has 106 valence electrons. The highest BCUT2D eigenvalue weighted by Crippen LogP contribution is 2.27. The van der Waals surface area contributed by atoms with E-state index in [-0.39, 0.29) is 17.8 Å². The van der Waals surface area contributed by atoms with Gasteiger partial charge in [0.25, 0.3) is 5.69 Å². The highest BCUT2D eigenvalue weighted by molar-refractivity contribution is 5.56. The summed E-state index contributed by atoms with van der Waals surface area (Å²) in [6.07, 6.45) is 0.811. The molecule has 19 heavy (non-hydrogen) atoms. The highest BCUT2D eigenvalue weighted by atomic mass is 16.6. The largest absolute Gasteiger partial charge is 0.491 e. The molecule has 0 saturated carbocycles. The first-order valence-electron chi connectivity index (χ1n) is 6.39. The predicted octanol–water partition coefficient (Wildman–Crippen LogP) is 2.53. The van der Waals surface area contributed by atoms with E-state index in [1.165, 1.54) is 12.1 Å². The maximum Gasteiger partial charge on any atom is 0.275 e. The van der Waals surface area contributed by atoms with Crippen molar-refractivity contribution in [1.82, 2.24) is 0 Å². The van der Waals surface area contributed by atoms with Gasteiger partial charge >= 0.3 is 0 Å². The van der Waals surface area contributed by atoms with E-state index >= 15 is 0 Å². The van der Waals surface area contributed by atoms with Gasteiger partial charge in [0.15, 0.2) is 0 Å². The van der Waals surface area contributed by atoms with Gasteiger partial charge < -0.3 is 15.8 Å². The van der Waals surface area contributed by atoms with Crippen LogP contribution in [0.1, 0.15) is 27.2 Å². The minimum Gasteiger partial charge on any atom is -0.491 e. The van der Waals surface area contributed by atoms with Crippen LogP contribution >= 0.6 is 0 Å². The number of nitrogens with two attached hydrogens (primary N) is 1. The number of nitrogens with one attached hydrogen (secondary N) is 1. The van der Waals surface area contributed by atoms with Crippen LogP contribution in [0, 0.1) is 10.1 Å². The SMILES string of the molecule is CCC(CN)Nc1cc(OC(C)C)cc([N+](=O)[O-])c1. The van der Waals surface area contributed by atoms with E-state index in [2.05, 4.69) is 5.32 Å². The van der Waals surface area contributed by atoms with Crippen molar-refractivity contribution < 1.29 is 9.66 Å². The zero-order chi connectivity index (χ0) is 14.4. The molecule has 6 heteroatoms. The standard InChI is InChI=1S/C13H21N3O3/c1-4-10(8-14)15-11-5-12(16(17)18)7-13(6-11)19-9(2)3/h5-7,9-10,15H,4,8,14H2,1-3H3. The Bertz CT molecular complexity index is 431. The molecule has 0 spiro atoms. The van der Waals surface area contributed by atoms with Crippen LogP contribution in [0.15, 0.2) is 18.2 Å². The van der Waals surface area contributed by atoms with Gasteiger partial charge in [0.1, 0.15) is 5.75 Å². The van der Waals surface area contributed by atoms with Crippen LogP contribution in [0.2, 0.25) is 0 Å². The molecule has 1 aromatic rings. The lowest BCUT2D eigenvalue weighted by atomic mass is 10.2. The van der Waals surface area contributed by atoms with E-state index in [1.807, 2.05) is 20.8 Å². The van der Waals surface area contributed by atoms with Crippen LogP contribution < -0.4 is 15.8 Å². The first-order chi connectivity index (χ1) is 8.96. The van der Waals surface area contributed by atoms with Gasteiger partial charge in [0, 0.05) is 30.4 Å². The Morgan fingerprint density at radius 3 is 2.58 bits per heavy atom. The number of hydrogen-bond donors (Lipinski definition) is 2. The number of rotatable bonds is 7. The minimum absolute atomic E-state index is 0.00697. The summed E-state index contributed by atoms with van der Waals surface area (Å²) in [7, 11) is 0. The predicted molar refractivity (Wildman–Crippen MR) is 75.6 cm³/mol. The molecule has 0 amide bonds. The monoisotopic (exact) mass is 267 g/mol. The zero-order valence-corrected chi connectivity index (χ0v) is 11.6. The van der Waals surface area contributed by atoms with E-state index in [0.29, 0.717) is 18.0 Å². The second-order valence-electron chi connectivity index (χ2n) is 4.62. The van der Waals surface area contributed by atoms with Crippen molar-refractivity contribution in [1.29, 1.82) is 0 Å². The van der Waals surface area contributed by atoms with Crippen molar-refractivity contribution in [2.24, 2.45) is 5.73 Å². The van der Waals surface area contributed by atoms with Crippen molar-refractivity contribution in [3.05, 3.63) is 28.3 Å². The Morgan fingerprint density at radius 2 is 2.11 bits per heavy atom. The fourth-order valence-corrected chi connectivity index (χ4v) is 1.68. The number of ether oxygens (including phenoxy) is 1. The number of non-ortho nitro benzene ring substituents is 1. The number of hydrogen-bond acceptors (Lipinski definition) is 5. The summed E-state index contributed by atoms with van der Waals surface area (Å²) in [6.45, 7) is 6.23. The van der Waals surface area contributed by atoms with Gasteiger partial charge in [-0.15, -0.1) is 0 Å². The van der Waals surface area contributed by atoms with Crippen molar-refractivity contribution in [2.45, 2.75) is 39.3 Å². The highest BCUT2D eigenvalue weighted by Gasteiger charge is 2.13. The Hall–Kier alpha value is -1.82. The number of nitro benzene ring substituents is 1. The third kappa shape index (κ3) is 4.75. The average molecular weight is 267 g/mol. The maximum absolute atomic E-state index is 10.9. The molecule has 0 bridgehead atoms. The lowest BCUT2D eigenvalue weighted by molar-refractivity contribution is -0.384. The van der Waals surface area contributed by atoms with Crippen molar-refractivity contribution in [3.63, 3.8) is 0 Å². The molecule has 1 rings (SSSR count). The molecule has 6 nitrogen and oxygen atoms in total. The minimum atomic E-state index is -0.429. The number of nitrogens with zero attached hydrogens (tertiary/aromatic N) is 1. The number of anilines is 1. The van der Waals surface area contributed by atoms with E-state index in [9.17, 15) is 10.1 Å². The molecule has 1 unspecified atom stereocenters. The van der Waals surface area contributed by atoms with Crippen molar-refractivity contribution >= 4 is 11.4 Å². The van der Waals surface area contributed by atoms with Gasteiger partial charge in [0.2, 0.25) is 0 Å². The Balaban J connectivity index is 3.02. The molecule has 0 aromatic heterocycles. The Morgan fingerprint density at radius 1 is 1.42 bits per heavy atom.